The summed E-state index contributed by atoms with van der Waals surface area (Å²) in [7, 11) is -1.38. The van der Waals surface area contributed by atoms with E-state index >= 15 is 0 Å². The minimum absolute atomic E-state index is 0.0321. The number of rotatable bonds is 4. The Morgan fingerprint density at radius 3 is 2.65 bits per heavy atom. The highest BCUT2D eigenvalue weighted by Crippen LogP contribution is 2.27. The average Bonchev–Trinajstić information content (AvgIpc) is 3.15. The first kappa shape index (κ1) is 16.3. The van der Waals surface area contributed by atoms with E-state index in [9.17, 15) is 13.2 Å². The fraction of sp³-hybridized carbons (Fsp3) is 0.588. The van der Waals surface area contributed by atoms with Crippen LogP contribution in [0.4, 0.5) is 5.69 Å². The van der Waals surface area contributed by atoms with Crippen LogP contribution in [0.15, 0.2) is 24.3 Å². The minimum Gasteiger partial charge on any atom is -0.341 e. The molecule has 1 heterocycles. The van der Waals surface area contributed by atoms with Gasteiger partial charge >= 0.3 is 0 Å². The van der Waals surface area contributed by atoms with Gasteiger partial charge in [0.25, 0.3) is 5.91 Å². The number of hydrogen-bond donors (Lipinski definition) is 0. The number of amides is 1. The molecule has 1 saturated carbocycles. The number of benzene rings is 1. The van der Waals surface area contributed by atoms with E-state index in [-0.39, 0.29) is 11.7 Å². The summed E-state index contributed by atoms with van der Waals surface area (Å²) in [5.41, 5.74) is 1.16. The zero-order valence-electron chi connectivity index (χ0n) is 13.6. The van der Waals surface area contributed by atoms with Gasteiger partial charge in [-0.25, -0.2) is 8.42 Å². The zero-order valence-corrected chi connectivity index (χ0v) is 14.4. The molecule has 5 nitrogen and oxygen atoms in total. The molecule has 1 amide bonds. The van der Waals surface area contributed by atoms with Gasteiger partial charge in [0.1, 0.15) is 0 Å². The Bertz CT molecular complexity index is 681. The topological polar surface area (TPSA) is 57.7 Å². The molecule has 0 spiro atoms. The number of anilines is 1. The molecule has 1 aliphatic carbocycles. The SMILES string of the molecule is CN(CC1CCCC1)C(=O)c1cccc(N2CCCS2(=O)=O)c1. The standard InChI is InChI=1S/C17H24N2O3S/c1-18(13-14-6-2-3-7-14)17(20)15-8-4-9-16(12-15)19-10-5-11-23(19,21)22/h4,8-9,12,14H,2-3,5-7,10-11,13H2,1H3. The van der Waals surface area contributed by atoms with Crippen LogP contribution in [0.25, 0.3) is 0 Å². The number of sulfonamides is 1. The first-order valence-corrected chi connectivity index (χ1v) is 9.94. The second kappa shape index (κ2) is 6.51. The summed E-state index contributed by atoms with van der Waals surface area (Å²) in [6.45, 7) is 1.28. The van der Waals surface area contributed by atoms with Crippen molar-refractivity contribution in [1.29, 1.82) is 0 Å². The monoisotopic (exact) mass is 336 g/mol. The van der Waals surface area contributed by atoms with Crippen molar-refractivity contribution in [3.63, 3.8) is 0 Å². The summed E-state index contributed by atoms with van der Waals surface area (Å²) in [4.78, 5) is 14.4. The van der Waals surface area contributed by atoms with Gasteiger partial charge in [-0.2, -0.15) is 0 Å². The van der Waals surface area contributed by atoms with Gasteiger partial charge in [-0.1, -0.05) is 18.9 Å². The molecule has 126 valence electrons. The Labute approximate surface area is 138 Å². The number of carbonyl (C=O) groups excluding carboxylic acids is 1. The van der Waals surface area contributed by atoms with Crippen LogP contribution < -0.4 is 4.31 Å². The lowest BCUT2D eigenvalue weighted by atomic mass is 10.1. The maximum absolute atomic E-state index is 12.6. The lowest BCUT2D eigenvalue weighted by Gasteiger charge is -2.22. The molecule has 2 fully saturated rings. The smallest absolute Gasteiger partial charge is 0.253 e. The summed E-state index contributed by atoms with van der Waals surface area (Å²) < 4.78 is 25.5. The Balaban J connectivity index is 1.75. The van der Waals surface area contributed by atoms with Crippen LogP contribution in [-0.2, 0) is 10.0 Å². The normalized spacial score (nSPS) is 20.8. The van der Waals surface area contributed by atoms with Crippen molar-refractivity contribution in [3.05, 3.63) is 29.8 Å². The van der Waals surface area contributed by atoms with Crippen LogP contribution in [0.3, 0.4) is 0 Å². The van der Waals surface area contributed by atoms with Gasteiger partial charge in [0.2, 0.25) is 10.0 Å². The molecular weight excluding hydrogens is 312 g/mol. The molecule has 1 aromatic rings. The lowest BCUT2D eigenvalue weighted by Crippen LogP contribution is -2.31. The van der Waals surface area contributed by atoms with Crippen molar-refractivity contribution < 1.29 is 13.2 Å². The second-order valence-corrected chi connectivity index (χ2v) is 8.64. The summed E-state index contributed by atoms with van der Waals surface area (Å²) in [5, 5.41) is 0. The second-order valence-electron chi connectivity index (χ2n) is 6.63. The number of carbonyl (C=O) groups is 1. The van der Waals surface area contributed by atoms with Crippen molar-refractivity contribution in [1.82, 2.24) is 4.90 Å². The van der Waals surface area contributed by atoms with Crippen molar-refractivity contribution >= 4 is 21.6 Å². The van der Waals surface area contributed by atoms with Crippen LogP contribution in [0.1, 0.15) is 42.5 Å². The zero-order chi connectivity index (χ0) is 16.4. The van der Waals surface area contributed by atoms with E-state index in [1.54, 1.807) is 29.2 Å². The summed E-state index contributed by atoms with van der Waals surface area (Å²) in [6, 6.07) is 6.99. The van der Waals surface area contributed by atoms with Gasteiger partial charge in [0.15, 0.2) is 0 Å². The average molecular weight is 336 g/mol. The third-order valence-electron chi connectivity index (χ3n) is 4.83. The van der Waals surface area contributed by atoms with Gasteiger partial charge in [0.05, 0.1) is 11.4 Å². The highest BCUT2D eigenvalue weighted by Gasteiger charge is 2.29. The molecule has 0 atom stereocenters. The van der Waals surface area contributed by atoms with E-state index in [2.05, 4.69) is 0 Å². The van der Waals surface area contributed by atoms with E-state index in [1.807, 2.05) is 7.05 Å². The minimum atomic E-state index is -3.21. The quantitative estimate of drug-likeness (QED) is 0.849. The molecule has 2 aliphatic rings. The van der Waals surface area contributed by atoms with Crippen molar-refractivity contribution in [2.45, 2.75) is 32.1 Å². The van der Waals surface area contributed by atoms with Crippen LogP contribution in [-0.4, -0.2) is 45.1 Å². The number of hydrogen-bond acceptors (Lipinski definition) is 3. The van der Waals surface area contributed by atoms with Crippen molar-refractivity contribution in [3.8, 4) is 0 Å². The molecule has 3 rings (SSSR count). The van der Waals surface area contributed by atoms with Gasteiger partial charge in [-0.05, 0) is 43.4 Å². The van der Waals surface area contributed by atoms with Crippen LogP contribution in [0, 0.1) is 5.92 Å². The Kier molecular flexibility index (Phi) is 4.62. The van der Waals surface area contributed by atoms with Crippen LogP contribution in [0.2, 0.25) is 0 Å². The molecule has 6 heteroatoms. The van der Waals surface area contributed by atoms with Gasteiger partial charge in [-0.3, -0.25) is 9.10 Å². The Morgan fingerprint density at radius 1 is 1.26 bits per heavy atom. The maximum atomic E-state index is 12.6. The van der Waals surface area contributed by atoms with Crippen molar-refractivity contribution in [2.24, 2.45) is 5.92 Å². The van der Waals surface area contributed by atoms with E-state index in [0.717, 1.165) is 6.54 Å². The maximum Gasteiger partial charge on any atom is 0.253 e. The Morgan fingerprint density at radius 2 is 2.00 bits per heavy atom. The predicted molar refractivity (Wildman–Crippen MR) is 91.1 cm³/mol. The van der Waals surface area contributed by atoms with Crippen LogP contribution >= 0.6 is 0 Å². The van der Waals surface area contributed by atoms with E-state index in [4.69, 9.17) is 0 Å². The first-order chi connectivity index (χ1) is 11.0. The largest absolute Gasteiger partial charge is 0.341 e. The Hall–Kier alpha value is -1.56. The molecule has 0 radical (unpaired) electrons. The van der Waals surface area contributed by atoms with Gasteiger partial charge in [0, 0.05) is 25.7 Å². The van der Waals surface area contributed by atoms with Gasteiger partial charge in [-0.15, -0.1) is 0 Å². The summed E-state index contributed by atoms with van der Waals surface area (Å²) in [5.74, 6) is 0.758. The molecule has 23 heavy (non-hydrogen) atoms. The molecule has 0 N–H and O–H groups in total. The van der Waals surface area contributed by atoms with Gasteiger partial charge < -0.3 is 4.90 Å². The molecule has 1 aliphatic heterocycles. The van der Waals surface area contributed by atoms with E-state index in [1.165, 1.54) is 30.0 Å². The lowest BCUT2D eigenvalue weighted by molar-refractivity contribution is 0.0773. The molecule has 0 bridgehead atoms. The summed E-state index contributed by atoms with van der Waals surface area (Å²) >= 11 is 0. The third-order valence-corrected chi connectivity index (χ3v) is 6.70. The highest BCUT2D eigenvalue weighted by molar-refractivity contribution is 7.93. The molecule has 0 unspecified atom stereocenters. The molecule has 1 saturated heterocycles. The summed E-state index contributed by atoms with van der Waals surface area (Å²) in [6.07, 6.45) is 5.56. The van der Waals surface area contributed by atoms with E-state index < -0.39 is 10.0 Å². The van der Waals surface area contributed by atoms with E-state index in [0.29, 0.717) is 30.1 Å². The highest BCUT2D eigenvalue weighted by atomic mass is 32.2. The fourth-order valence-electron chi connectivity index (χ4n) is 3.61. The fourth-order valence-corrected chi connectivity index (χ4v) is 5.16. The third kappa shape index (κ3) is 3.52. The molecule has 1 aromatic carbocycles. The van der Waals surface area contributed by atoms with Crippen LogP contribution in [0.5, 0.6) is 0 Å². The molecule has 0 aromatic heterocycles. The number of nitrogens with zero attached hydrogens (tertiary/aromatic N) is 2. The predicted octanol–water partition coefficient (Wildman–Crippen LogP) is 2.49. The van der Waals surface area contributed by atoms with Crippen molar-refractivity contribution in [2.75, 3.05) is 30.2 Å². The first-order valence-electron chi connectivity index (χ1n) is 8.33. The molecular formula is C17H24N2O3S.